The smallest absolute Gasteiger partial charge is 0.416 e. The largest absolute Gasteiger partial charge is 0.429 e. The number of benzene rings is 1. The second kappa shape index (κ2) is 6.54. The highest BCUT2D eigenvalue weighted by atomic mass is 19.3. The first-order valence-corrected chi connectivity index (χ1v) is 8.28. The first kappa shape index (κ1) is 17.8. The Morgan fingerprint density at radius 2 is 2.00 bits per heavy atom. The van der Waals surface area contributed by atoms with Gasteiger partial charge in [-0.3, -0.25) is 9.69 Å². The summed E-state index contributed by atoms with van der Waals surface area (Å²) in [7, 11) is 0. The zero-order chi connectivity index (χ0) is 19.2. The molecular weight excluding hydrogens is 369 g/mol. The number of carbonyl (C=O) groups excluding carboxylic acids is 1. The molecule has 144 valence electrons. The highest BCUT2D eigenvalue weighted by Gasteiger charge is 2.38. The van der Waals surface area contributed by atoms with Gasteiger partial charge in [-0.2, -0.15) is 8.78 Å². The van der Waals surface area contributed by atoms with Gasteiger partial charge in [-0.05, 0) is 17.7 Å². The summed E-state index contributed by atoms with van der Waals surface area (Å²) < 4.78 is 51.4. The molecule has 0 N–H and O–H groups in total. The lowest BCUT2D eigenvalue weighted by Gasteiger charge is -2.29. The van der Waals surface area contributed by atoms with Crippen LogP contribution in [0, 0.1) is 0 Å². The molecule has 0 aliphatic carbocycles. The first-order valence-electron chi connectivity index (χ1n) is 8.28. The molecule has 1 fully saturated rings. The van der Waals surface area contributed by atoms with E-state index in [1.807, 2.05) is 4.90 Å². The van der Waals surface area contributed by atoms with Crippen molar-refractivity contribution in [3.63, 3.8) is 0 Å². The summed E-state index contributed by atoms with van der Waals surface area (Å²) in [6, 6.07) is 2.96. The van der Waals surface area contributed by atoms with Gasteiger partial charge in [0.1, 0.15) is 12.1 Å². The normalized spacial score (nSPS) is 18.9. The molecule has 0 spiro atoms. The number of alkyl halides is 2. The number of hydrogen-bond acceptors (Lipinski definition) is 6. The van der Waals surface area contributed by atoms with Crippen LogP contribution in [0.25, 0.3) is 10.9 Å². The Hall–Kier alpha value is -2.59. The molecule has 2 aliphatic rings. The summed E-state index contributed by atoms with van der Waals surface area (Å²) in [6.45, 7) is 1.89. The molecule has 1 aromatic carbocycles. The zero-order valence-corrected chi connectivity index (χ0v) is 14.0. The first-order chi connectivity index (χ1) is 12.9. The van der Waals surface area contributed by atoms with Gasteiger partial charge in [-0.25, -0.2) is 9.74 Å². The molecule has 0 unspecified atom stereocenters. The molecule has 7 nitrogen and oxygen atoms in total. The topological polar surface area (TPSA) is 70.0 Å². The molecule has 0 atom stereocenters. The van der Waals surface area contributed by atoms with Crippen molar-refractivity contribution >= 4 is 16.9 Å². The summed E-state index contributed by atoms with van der Waals surface area (Å²) in [5, 5.41) is -0.00541. The van der Waals surface area contributed by atoms with Crippen LogP contribution in [-0.2, 0) is 22.8 Å². The second-order valence-corrected chi connectivity index (χ2v) is 6.48. The monoisotopic (exact) mass is 384 g/mol. The van der Waals surface area contributed by atoms with Gasteiger partial charge < -0.3 is 14.0 Å². The molecular formula is C17H15F3N2O5. The lowest BCUT2D eigenvalue weighted by Crippen LogP contribution is -2.37. The molecule has 4 rings (SSSR count). The molecule has 0 saturated carbocycles. The lowest BCUT2D eigenvalue weighted by atomic mass is 10.1. The Bertz CT molecular complexity index is 969. The fourth-order valence-electron chi connectivity index (χ4n) is 3.45. The predicted molar refractivity (Wildman–Crippen MR) is 86.4 cm³/mol. The van der Waals surface area contributed by atoms with Crippen molar-refractivity contribution < 1.29 is 32.5 Å². The molecule has 10 heteroatoms. The summed E-state index contributed by atoms with van der Waals surface area (Å²) in [5.41, 5.74) is -0.765. The number of halogens is 3. The van der Waals surface area contributed by atoms with E-state index in [-0.39, 0.29) is 16.7 Å². The van der Waals surface area contributed by atoms with Crippen LogP contribution in [0.4, 0.5) is 13.3 Å². The molecule has 0 radical (unpaired) electrons. The minimum Gasteiger partial charge on any atom is -0.429 e. The third kappa shape index (κ3) is 3.26. The van der Waals surface area contributed by atoms with Crippen LogP contribution in [0.15, 0.2) is 23.1 Å². The number of pyridine rings is 1. The average molecular weight is 384 g/mol. The van der Waals surface area contributed by atoms with Crippen LogP contribution in [0.3, 0.4) is 0 Å². The maximum Gasteiger partial charge on any atom is 0.416 e. The number of rotatable bonds is 3. The molecule has 0 amide bonds. The highest BCUT2D eigenvalue weighted by molar-refractivity contribution is 5.95. The maximum atomic E-state index is 14.0. The Labute approximate surface area is 150 Å². The van der Waals surface area contributed by atoms with E-state index < -0.39 is 29.6 Å². The predicted octanol–water partition coefficient (Wildman–Crippen LogP) is 1.86. The molecule has 1 aromatic heterocycles. The van der Waals surface area contributed by atoms with E-state index >= 15 is 0 Å². The van der Waals surface area contributed by atoms with E-state index in [1.165, 1.54) is 12.1 Å². The van der Waals surface area contributed by atoms with E-state index in [2.05, 4.69) is 4.94 Å². The van der Waals surface area contributed by atoms with E-state index in [0.717, 1.165) is 10.8 Å². The van der Waals surface area contributed by atoms with Crippen LogP contribution in [0.1, 0.15) is 15.9 Å². The molecule has 0 bridgehead atoms. The van der Waals surface area contributed by atoms with Crippen molar-refractivity contribution in [3.05, 3.63) is 39.7 Å². The van der Waals surface area contributed by atoms with Crippen LogP contribution in [-0.4, -0.2) is 47.8 Å². The van der Waals surface area contributed by atoms with Crippen molar-refractivity contribution in [1.29, 1.82) is 0 Å². The molecule has 27 heavy (non-hydrogen) atoms. The summed E-state index contributed by atoms with van der Waals surface area (Å²) in [4.78, 5) is 29.3. The molecule has 1 saturated heterocycles. The second-order valence-electron chi connectivity index (χ2n) is 6.48. The summed E-state index contributed by atoms with van der Waals surface area (Å²) >= 11 is 0. The maximum absolute atomic E-state index is 14.0. The van der Waals surface area contributed by atoms with Crippen molar-refractivity contribution in [1.82, 2.24) is 9.47 Å². The quantitative estimate of drug-likeness (QED) is 0.805. The van der Waals surface area contributed by atoms with Gasteiger partial charge >= 0.3 is 12.1 Å². The van der Waals surface area contributed by atoms with Gasteiger partial charge in [0, 0.05) is 30.4 Å². The van der Waals surface area contributed by atoms with E-state index in [9.17, 15) is 22.9 Å². The number of nitrogens with zero attached hydrogens (tertiary/aromatic N) is 2. The third-order valence-electron chi connectivity index (χ3n) is 4.61. The van der Waals surface area contributed by atoms with Gasteiger partial charge in [0.2, 0.25) is 5.43 Å². The molecule has 2 aliphatic heterocycles. The highest BCUT2D eigenvalue weighted by Crippen LogP contribution is 2.36. The van der Waals surface area contributed by atoms with E-state index in [1.54, 1.807) is 0 Å². The fourth-order valence-corrected chi connectivity index (χ4v) is 3.45. The fraction of sp³-hybridized carbons (Fsp3) is 0.412. The standard InChI is InChI=1S/C17H15F3N2O5/c18-17(19)9-22-8-12(16(24)27-20)15(23)11-5-10(6-13(26-17)14(11)22)7-21-1-3-25-4-2-21/h5-6,8H,1-4,7,9H2. The Morgan fingerprint density at radius 3 is 2.70 bits per heavy atom. The molecule has 3 heterocycles. The van der Waals surface area contributed by atoms with Crippen LogP contribution in [0.5, 0.6) is 5.75 Å². The SMILES string of the molecule is O=C(OF)c1cn2c3c(cc(CN4CCOCC4)cc3c1=O)OC(F)(F)C2. The summed E-state index contributed by atoms with van der Waals surface area (Å²) in [5.74, 6) is -1.69. The number of morpholine rings is 1. The zero-order valence-electron chi connectivity index (χ0n) is 14.0. The van der Waals surface area contributed by atoms with Gasteiger partial charge in [-0.1, -0.05) is 0 Å². The average Bonchev–Trinajstić information content (AvgIpc) is 2.63. The van der Waals surface area contributed by atoms with Gasteiger partial charge in [0.25, 0.3) is 0 Å². The van der Waals surface area contributed by atoms with Crippen LogP contribution >= 0.6 is 0 Å². The number of ether oxygens (including phenoxy) is 2. The lowest BCUT2D eigenvalue weighted by molar-refractivity contribution is -0.189. The van der Waals surface area contributed by atoms with E-state index in [0.29, 0.717) is 38.4 Å². The molecule has 2 aromatic rings. The van der Waals surface area contributed by atoms with Crippen molar-refractivity contribution in [2.24, 2.45) is 0 Å². The van der Waals surface area contributed by atoms with Gasteiger partial charge in [-0.15, -0.1) is 0 Å². The van der Waals surface area contributed by atoms with Crippen molar-refractivity contribution in [3.8, 4) is 5.75 Å². The van der Waals surface area contributed by atoms with Gasteiger partial charge in [0.15, 0.2) is 5.75 Å². The third-order valence-corrected chi connectivity index (χ3v) is 4.61. The Balaban J connectivity index is 1.88. The van der Waals surface area contributed by atoms with Crippen molar-refractivity contribution in [2.45, 2.75) is 19.2 Å². The number of aromatic nitrogens is 1. The summed E-state index contributed by atoms with van der Waals surface area (Å²) in [6.07, 6.45) is -2.67. The van der Waals surface area contributed by atoms with Crippen molar-refractivity contribution in [2.75, 3.05) is 26.3 Å². The van der Waals surface area contributed by atoms with Crippen LogP contribution < -0.4 is 10.2 Å². The van der Waals surface area contributed by atoms with Gasteiger partial charge in [0.05, 0.1) is 24.1 Å². The Morgan fingerprint density at radius 1 is 1.26 bits per heavy atom. The number of hydrogen-bond donors (Lipinski definition) is 0. The minimum absolute atomic E-state index is 0.00541. The van der Waals surface area contributed by atoms with Crippen LogP contribution in [0.2, 0.25) is 0 Å². The minimum atomic E-state index is -3.54. The number of carbonyl (C=O) groups is 1. The Kier molecular flexibility index (Phi) is 4.31. The van der Waals surface area contributed by atoms with E-state index in [4.69, 9.17) is 9.47 Å².